The van der Waals surface area contributed by atoms with E-state index >= 15 is 0 Å². The van der Waals surface area contributed by atoms with Crippen LogP contribution in [0.3, 0.4) is 0 Å². The number of cyclic esters (lactones) is 1. The number of ether oxygens (including phenoxy) is 3. The monoisotopic (exact) mass is 559 g/mol. The Morgan fingerprint density at radius 3 is 2.69 bits per heavy atom. The first-order valence-electron chi connectivity index (χ1n) is 9.78. The van der Waals surface area contributed by atoms with Crippen LogP contribution in [0.15, 0.2) is 71.4 Å². The number of benzene rings is 3. The molecule has 0 aliphatic carbocycles. The highest BCUT2D eigenvalue weighted by Gasteiger charge is 2.25. The van der Waals surface area contributed by atoms with Gasteiger partial charge in [0, 0.05) is 0 Å². The summed E-state index contributed by atoms with van der Waals surface area (Å²) in [6.45, 7) is 2.47. The molecule has 0 atom stereocenters. The maximum Gasteiger partial charge on any atom is 0.363 e. The number of halogens is 2. The van der Waals surface area contributed by atoms with Crippen LogP contribution >= 0.6 is 34.2 Å². The molecule has 0 spiro atoms. The van der Waals surface area contributed by atoms with Gasteiger partial charge in [-0.25, -0.2) is 9.79 Å². The van der Waals surface area contributed by atoms with Gasteiger partial charge in [0.25, 0.3) is 0 Å². The predicted molar refractivity (Wildman–Crippen MR) is 133 cm³/mol. The highest BCUT2D eigenvalue weighted by atomic mass is 127. The van der Waals surface area contributed by atoms with Crippen molar-refractivity contribution in [1.29, 1.82) is 0 Å². The number of esters is 1. The molecule has 1 aliphatic rings. The molecule has 0 fully saturated rings. The Balaban J connectivity index is 1.60. The Bertz CT molecular complexity index is 1250. The van der Waals surface area contributed by atoms with Gasteiger partial charge in [-0.05, 0) is 71.0 Å². The van der Waals surface area contributed by atoms with Crippen LogP contribution in [0.5, 0.6) is 11.5 Å². The van der Waals surface area contributed by atoms with Gasteiger partial charge in [-0.15, -0.1) is 0 Å². The maximum atomic E-state index is 12.4. The molecule has 0 amide bonds. The van der Waals surface area contributed by atoms with E-state index in [1.807, 2.05) is 37.3 Å². The van der Waals surface area contributed by atoms with Gasteiger partial charge in [0.05, 0.1) is 21.3 Å². The van der Waals surface area contributed by atoms with Crippen molar-refractivity contribution in [2.24, 2.45) is 4.99 Å². The van der Waals surface area contributed by atoms with Crippen LogP contribution < -0.4 is 9.47 Å². The third-order valence-corrected chi connectivity index (χ3v) is 5.88. The summed E-state index contributed by atoms with van der Waals surface area (Å²) in [7, 11) is 1.58. The molecule has 1 heterocycles. The van der Waals surface area contributed by atoms with Gasteiger partial charge in [0.15, 0.2) is 17.2 Å². The zero-order chi connectivity index (χ0) is 22.7. The fraction of sp³-hybridized carbons (Fsp3) is 0.120. The predicted octanol–water partition coefficient (Wildman–Crippen LogP) is 6.19. The first-order valence-corrected chi connectivity index (χ1v) is 11.2. The first kappa shape index (κ1) is 22.4. The lowest BCUT2D eigenvalue weighted by Gasteiger charge is -2.14. The van der Waals surface area contributed by atoms with Crippen LogP contribution in [0.4, 0.5) is 0 Å². The second kappa shape index (κ2) is 9.75. The molecule has 0 unspecified atom stereocenters. The molecule has 5 nitrogen and oxygen atoms in total. The van der Waals surface area contributed by atoms with E-state index in [9.17, 15) is 4.79 Å². The summed E-state index contributed by atoms with van der Waals surface area (Å²) in [6, 6.07) is 18.9. The van der Waals surface area contributed by atoms with Crippen molar-refractivity contribution in [2.75, 3.05) is 7.11 Å². The number of aliphatic imine (C=N–C) groups is 1. The van der Waals surface area contributed by atoms with E-state index in [0.29, 0.717) is 28.7 Å². The summed E-state index contributed by atoms with van der Waals surface area (Å²) in [5.41, 5.74) is 3.74. The minimum absolute atomic E-state index is 0.186. The molecule has 0 saturated heterocycles. The smallest absolute Gasteiger partial charge is 0.363 e. The first-order chi connectivity index (χ1) is 15.4. The van der Waals surface area contributed by atoms with E-state index in [4.69, 9.17) is 25.8 Å². The highest BCUT2D eigenvalue weighted by Crippen LogP contribution is 2.35. The van der Waals surface area contributed by atoms with E-state index in [1.165, 1.54) is 5.56 Å². The molecule has 3 aromatic rings. The van der Waals surface area contributed by atoms with E-state index in [1.54, 1.807) is 37.5 Å². The normalized spacial score (nSPS) is 14.3. The Kier molecular flexibility index (Phi) is 6.81. The molecule has 0 saturated carbocycles. The summed E-state index contributed by atoms with van der Waals surface area (Å²) in [5.74, 6) is 0.865. The number of aryl methyl sites for hydroxylation is 1. The summed E-state index contributed by atoms with van der Waals surface area (Å²) >= 11 is 8.39. The zero-order valence-corrected chi connectivity index (χ0v) is 20.3. The van der Waals surface area contributed by atoms with Crippen LogP contribution in [0, 0.1) is 10.5 Å². The molecule has 162 valence electrons. The van der Waals surface area contributed by atoms with E-state index in [2.05, 4.69) is 33.6 Å². The molecule has 7 heteroatoms. The van der Waals surface area contributed by atoms with Crippen LogP contribution in [0.25, 0.3) is 6.08 Å². The van der Waals surface area contributed by atoms with Crippen molar-refractivity contribution in [3.8, 4) is 11.5 Å². The van der Waals surface area contributed by atoms with Crippen molar-refractivity contribution in [1.82, 2.24) is 0 Å². The van der Waals surface area contributed by atoms with Gasteiger partial charge in [0.2, 0.25) is 5.90 Å². The van der Waals surface area contributed by atoms with Crippen LogP contribution in [0.2, 0.25) is 5.02 Å². The number of carbonyl (C=O) groups excluding carboxylic acids is 1. The van der Waals surface area contributed by atoms with E-state index in [0.717, 1.165) is 14.7 Å². The van der Waals surface area contributed by atoms with Gasteiger partial charge in [0.1, 0.15) is 6.61 Å². The molecular weight excluding hydrogens is 541 g/mol. The van der Waals surface area contributed by atoms with Crippen molar-refractivity contribution in [3.63, 3.8) is 0 Å². The third kappa shape index (κ3) is 4.97. The molecule has 0 radical (unpaired) electrons. The second-order valence-corrected chi connectivity index (χ2v) is 8.70. The molecule has 0 bridgehead atoms. The fourth-order valence-electron chi connectivity index (χ4n) is 3.24. The van der Waals surface area contributed by atoms with Crippen molar-refractivity contribution in [3.05, 3.63) is 97.2 Å². The van der Waals surface area contributed by atoms with Gasteiger partial charge in [-0.2, -0.15) is 0 Å². The Morgan fingerprint density at radius 1 is 1.12 bits per heavy atom. The number of hydrogen-bond donors (Lipinski definition) is 0. The second-order valence-electron chi connectivity index (χ2n) is 7.13. The molecule has 32 heavy (non-hydrogen) atoms. The SMILES string of the molecule is COc1cc(/C=C2\N=C(c3ccccc3Cl)OC2=O)cc(I)c1OCc1cccc(C)c1. The van der Waals surface area contributed by atoms with Gasteiger partial charge in [-0.3, -0.25) is 0 Å². The number of carbonyl (C=O) groups is 1. The Labute approximate surface area is 204 Å². The summed E-state index contributed by atoms with van der Waals surface area (Å²) in [5, 5.41) is 0.464. The minimum atomic E-state index is -0.534. The molecule has 1 aliphatic heterocycles. The average molecular weight is 560 g/mol. The zero-order valence-electron chi connectivity index (χ0n) is 17.4. The largest absolute Gasteiger partial charge is 0.493 e. The Hall–Kier alpha value is -2.84. The van der Waals surface area contributed by atoms with E-state index < -0.39 is 5.97 Å². The van der Waals surface area contributed by atoms with Gasteiger partial charge >= 0.3 is 5.97 Å². The lowest BCUT2D eigenvalue weighted by atomic mass is 10.1. The standard InChI is InChI=1S/C25H19ClINO4/c1-15-6-5-7-16(10-15)14-31-23-20(27)11-17(13-22(23)30-2)12-21-25(29)32-24(28-21)18-8-3-4-9-19(18)26/h3-13H,14H2,1-2H3/b21-12-. The molecular formula is C25H19ClINO4. The summed E-state index contributed by atoms with van der Waals surface area (Å²) < 4.78 is 17.8. The summed E-state index contributed by atoms with van der Waals surface area (Å²) in [6.07, 6.45) is 1.65. The average Bonchev–Trinajstić information content (AvgIpc) is 3.13. The quantitative estimate of drug-likeness (QED) is 0.205. The van der Waals surface area contributed by atoms with Crippen LogP contribution in [-0.2, 0) is 16.1 Å². The van der Waals surface area contributed by atoms with Crippen molar-refractivity contribution in [2.45, 2.75) is 13.5 Å². The topological polar surface area (TPSA) is 57.1 Å². The molecule has 3 aromatic carbocycles. The molecule has 0 N–H and O–H groups in total. The Morgan fingerprint density at radius 2 is 1.94 bits per heavy atom. The number of rotatable bonds is 6. The molecule has 0 aromatic heterocycles. The molecule has 4 rings (SSSR count). The van der Waals surface area contributed by atoms with Crippen LogP contribution in [-0.4, -0.2) is 19.0 Å². The summed E-state index contributed by atoms with van der Waals surface area (Å²) in [4.78, 5) is 16.7. The highest BCUT2D eigenvalue weighted by molar-refractivity contribution is 14.1. The van der Waals surface area contributed by atoms with Crippen LogP contribution in [0.1, 0.15) is 22.3 Å². The lowest BCUT2D eigenvalue weighted by molar-refractivity contribution is -0.129. The van der Waals surface area contributed by atoms with Gasteiger partial charge < -0.3 is 14.2 Å². The minimum Gasteiger partial charge on any atom is -0.493 e. The fourth-order valence-corrected chi connectivity index (χ4v) is 4.24. The maximum absolute atomic E-state index is 12.4. The van der Waals surface area contributed by atoms with E-state index in [-0.39, 0.29) is 11.6 Å². The van der Waals surface area contributed by atoms with Gasteiger partial charge in [-0.1, -0.05) is 53.6 Å². The third-order valence-electron chi connectivity index (χ3n) is 4.75. The lowest BCUT2D eigenvalue weighted by Crippen LogP contribution is -2.05. The number of methoxy groups -OCH3 is 1. The van der Waals surface area contributed by atoms with Crippen molar-refractivity contribution >= 4 is 52.1 Å². The number of nitrogens with zero attached hydrogens (tertiary/aromatic N) is 1. The number of hydrogen-bond acceptors (Lipinski definition) is 5. The van der Waals surface area contributed by atoms with Crippen molar-refractivity contribution < 1.29 is 19.0 Å².